The number of hydrogen-bond donors (Lipinski definition) is 0. The van der Waals surface area contributed by atoms with Crippen molar-refractivity contribution in [2.45, 2.75) is 32.6 Å². The Morgan fingerprint density at radius 2 is 1.86 bits per heavy atom. The van der Waals surface area contributed by atoms with Crippen LogP contribution in [0.1, 0.15) is 32.6 Å². The van der Waals surface area contributed by atoms with Gasteiger partial charge in [0.25, 0.3) is 0 Å². The molecule has 0 aliphatic heterocycles. The van der Waals surface area contributed by atoms with E-state index in [2.05, 4.69) is 13.0 Å². The molecule has 0 atom stereocenters. The third-order valence-electron chi connectivity index (χ3n) is 1.95. The van der Waals surface area contributed by atoms with Gasteiger partial charge >= 0.3 is 18.9 Å². The zero-order valence-electron chi connectivity index (χ0n) is 9.25. The third kappa shape index (κ3) is 6.13. The topological polar surface area (TPSA) is 9.23 Å². The van der Waals surface area contributed by atoms with Gasteiger partial charge in [-0.1, -0.05) is 26.2 Å². The molecule has 1 aromatic carbocycles. The Morgan fingerprint density at radius 3 is 2.50 bits per heavy atom. The first kappa shape index (κ1) is 13.6. The summed E-state index contributed by atoms with van der Waals surface area (Å²) < 4.78 is 5.53. The Morgan fingerprint density at radius 1 is 1.14 bits per heavy atom. The quantitative estimate of drug-likeness (QED) is 0.354. The van der Waals surface area contributed by atoms with Gasteiger partial charge in [0.2, 0.25) is 0 Å². The first-order valence-electron chi connectivity index (χ1n) is 5.02. The summed E-state index contributed by atoms with van der Waals surface area (Å²) in [5.74, 6) is 0.954. The van der Waals surface area contributed by atoms with E-state index in [1.807, 2.05) is 24.3 Å². The van der Waals surface area contributed by atoms with E-state index in [9.17, 15) is 0 Å². The van der Waals surface area contributed by atoms with Crippen LogP contribution in [0.2, 0.25) is 0 Å². The van der Waals surface area contributed by atoms with Gasteiger partial charge in [-0.3, -0.25) is 0 Å². The summed E-state index contributed by atoms with van der Waals surface area (Å²) >= 11 is 0. The summed E-state index contributed by atoms with van der Waals surface area (Å²) in [7, 11) is 0. The molecular formula is C12H17LiO. The number of rotatable bonds is 6. The van der Waals surface area contributed by atoms with E-state index in [0.29, 0.717) is 0 Å². The van der Waals surface area contributed by atoms with Crippen LogP contribution < -0.4 is 23.6 Å². The summed E-state index contributed by atoms with van der Waals surface area (Å²) in [4.78, 5) is 0. The maximum absolute atomic E-state index is 5.53. The number of unbranched alkanes of at least 4 members (excludes halogenated alkanes) is 3. The molecule has 0 amide bonds. The van der Waals surface area contributed by atoms with Gasteiger partial charge in [-0.2, -0.15) is 18.2 Å². The van der Waals surface area contributed by atoms with E-state index >= 15 is 0 Å². The smallest absolute Gasteiger partial charge is 0.519 e. The van der Waals surface area contributed by atoms with Gasteiger partial charge in [0.15, 0.2) is 0 Å². The molecule has 0 spiro atoms. The predicted molar refractivity (Wildman–Crippen MR) is 54.9 cm³/mol. The second kappa shape index (κ2) is 9.18. The van der Waals surface area contributed by atoms with Gasteiger partial charge in [-0.05, 0) is 6.42 Å². The van der Waals surface area contributed by atoms with Crippen molar-refractivity contribution in [3.63, 3.8) is 0 Å². The second-order valence-corrected chi connectivity index (χ2v) is 3.14. The summed E-state index contributed by atoms with van der Waals surface area (Å²) in [6, 6.07) is 10.6. The summed E-state index contributed by atoms with van der Waals surface area (Å²) in [5, 5.41) is 0. The van der Waals surface area contributed by atoms with Gasteiger partial charge in [0, 0.05) is 5.75 Å². The minimum absolute atomic E-state index is 0. The molecule has 0 bridgehead atoms. The van der Waals surface area contributed by atoms with Crippen LogP contribution in [0.5, 0.6) is 5.75 Å². The minimum Gasteiger partial charge on any atom is -0.519 e. The fraction of sp³-hybridized carbons (Fsp3) is 0.500. The maximum atomic E-state index is 5.53. The van der Waals surface area contributed by atoms with E-state index in [0.717, 1.165) is 18.8 Å². The fourth-order valence-electron chi connectivity index (χ4n) is 1.19. The van der Waals surface area contributed by atoms with Crippen LogP contribution >= 0.6 is 0 Å². The van der Waals surface area contributed by atoms with Gasteiger partial charge < -0.3 is 4.74 Å². The van der Waals surface area contributed by atoms with Crippen molar-refractivity contribution in [1.29, 1.82) is 0 Å². The van der Waals surface area contributed by atoms with Crippen molar-refractivity contribution in [2.24, 2.45) is 0 Å². The minimum atomic E-state index is 0. The Balaban J connectivity index is 0.00000169. The molecule has 72 valence electrons. The first-order chi connectivity index (χ1) is 6.43. The van der Waals surface area contributed by atoms with Crippen molar-refractivity contribution < 1.29 is 23.6 Å². The fourth-order valence-corrected chi connectivity index (χ4v) is 1.19. The molecule has 0 saturated heterocycles. The van der Waals surface area contributed by atoms with Crippen LogP contribution in [-0.2, 0) is 0 Å². The van der Waals surface area contributed by atoms with Crippen molar-refractivity contribution in [2.75, 3.05) is 6.61 Å². The van der Waals surface area contributed by atoms with Crippen LogP contribution in [-0.4, -0.2) is 6.61 Å². The van der Waals surface area contributed by atoms with Crippen LogP contribution in [0.25, 0.3) is 0 Å². The zero-order chi connectivity index (χ0) is 9.36. The standard InChI is InChI=1S/C12H17O.Li/c1-2-3-4-8-11-13-12-9-6-5-7-10-12;/h6-7,9-10H,2-4,8,11H2,1H3;/q-1;+1. The van der Waals surface area contributed by atoms with Crippen molar-refractivity contribution in [1.82, 2.24) is 0 Å². The van der Waals surface area contributed by atoms with Gasteiger partial charge in [-0.15, -0.1) is 12.1 Å². The normalized spacial score (nSPS) is 9.21. The maximum Gasteiger partial charge on any atom is 1.00 e. The van der Waals surface area contributed by atoms with Crippen molar-refractivity contribution >= 4 is 0 Å². The summed E-state index contributed by atoms with van der Waals surface area (Å²) in [5.41, 5.74) is 0. The van der Waals surface area contributed by atoms with Crippen LogP contribution in [0, 0.1) is 6.07 Å². The monoisotopic (exact) mass is 184 g/mol. The molecule has 14 heavy (non-hydrogen) atoms. The van der Waals surface area contributed by atoms with Gasteiger partial charge in [0.1, 0.15) is 0 Å². The molecule has 0 N–H and O–H groups in total. The molecule has 0 fully saturated rings. The van der Waals surface area contributed by atoms with Gasteiger partial charge in [-0.25, -0.2) is 0 Å². The Bertz CT molecular complexity index is 211. The van der Waals surface area contributed by atoms with Crippen molar-refractivity contribution in [3.8, 4) is 5.75 Å². The van der Waals surface area contributed by atoms with E-state index in [-0.39, 0.29) is 18.9 Å². The molecule has 0 aromatic heterocycles. The first-order valence-corrected chi connectivity index (χ1v) is 5.02. The molecule has 0 unspecified atom stereocenters. The molecule has 0 aliphatic carbocycles. The largest absolute Gasteiger partial charge is 1.00 e. The molecule has 1 rings (SSSR count). The van der Waals surface area contributed by atoms with Gasteiger partial charge in [0.05, 0.1) is 6.61 Å². The Kier molecular flexibility index (Phi) is 8.93. The van der Waals surface area contributed by atoms with E-state index in [4.69, 9.17) is 4.74 Å². The van der Waals surface area contributed by atoms with Crippen LogP contribution in [0.15, 0.2) is 24.3 Å². The van der Waals surface area contributed by atoms with Crippen molar-refractivity contribution in [3.05, 3.63) is 30.3 Å². The van der Waals surface area contributed by atoms with E-state index in [1.54, 1.807) is 0 Å². The molecule has 1 aromatic rings. The van der Waals surface area contributed by atoms with E-state index < -0.39 is 0 Å². The number of ether oxygens (including phenoxy) is 1. The summed E-state index contributed by atoms with van der Waals surface area (Å²) in [6.45, 7) is 3.05. The van der Waals surface area contributed by atoms with Crippen LogP contribution in [0.3, 0.4) is 0 Å². The molecule has 0 saturated carbocycles. The average Bonchev–Trinajstić information content (AvgIpc) is 2.19. The predicted octanol–water partition coefficient (Wildman–Crippen LogP) is 0.450. The molecule has 0 aliphatic rings. The average molecular weight is 184 g/mol. The molecule has 1 nitrogen and oxygen atoms in total. The number of benzene rings is 1. The molecule has 0 radical (unpaired) electrons. The van der Waals surface area contributed by atoms with Crippen LogP contribution in [0.4, 0.5) is 0 Å². The summed E-state index contributed by atoms with van der Waals surface area (Å²) in [6.07, 6.45) is 5.02. The SMILES string of the molecule is CCCCCCOc1cc[c-]cc1.[Li+]. The molecular weight excluding hydrogens is 167 g/mol. The second-order valence-electron chi connectivity index (χ2n) is 3.14. The molecule has 2 heteroatoms. The zero-order valence-corrected chi connectivity index (χ0v) is 9.25. The Hall–Kier alpha value is -0.383. The third-order valence-corrected chi connectivity index (χ3v) is 1.95. The van der Waals surface area contributed by atoms with E-state index in [1.165, 1.54) is 19.3 Å². The Labute approximate surface area is 99.0 Å². The number of hydrogen-bond acceptors (Lipinski definition) is 1. The molecule has 0 heterocycles.